The number of hydrogen-bond acceptors (Lipinski definition) is 11. The molecule has 45 heavy (non-hydrogen) atoms. The van der Waals surface area contributed by atoms with Crippen molar-refractivity contribution >= 4 is 50.7 Å². The van der Waals surface area contributed by atoms with Gasteiger partial charge >= 0.3 is 11.9 Å². The van der Waals surface area contributed by atoms with Crippen LogP contribution in [0.15, 0.2) is 52.0 Å². The van der Waals surface area contributed by atoms with E-state index in [0.29, 0.717) is 29.9 Å². The van der Waals surface area contributed by atoms with Crippen molar-refractivity contribution in [2.24, 2.45) is 7.05 Å². The highest BCUT2D eigenvalue weighted by atomic mass is 79.9. The number of piperidine rings is 1. The number of rotatable bonds is 6. The fourth-order valence-electron chi connectivity index (χ4n) is 6.72. The van der Waals surface area contributed by atoms with Crippen LogP contribution in [0.4, 0.5) is 22.9 Å². The van der Waals surface area contributed by atoms with Crippen LogP contribution in [0.3, 0.4) is 0 Å². The van der Waals surface area contributed by atoms with Crippen LogP contribution in [-0.2, 0) is 16.5 Å². The number of nitrogens with one attached hydrogen (secondary N) is 1. The van der Waals surface area contributed by atoms with E-state index in [9.17, 15) is 14.4 Å². The third-order valence-corrected chi connectivity index (χ3v) is 9.44. The summed E-state index contributed by atoms with van der Waals surface area (Å²) in [4.78, 5) is 49.2. The second-order valence-corrected chi connectivity index (χ2v) is 12.7. The number of anilines is 4. The molecule has 3 aliphatic rings. The lowest BCUT2D eigenvalue weighted by molar-refractivity contribution is 0.0554. The molecule has 13 heteroatoms. The summed E-state index contributed by atoms with van der Waals surface area (Å²) in [5.41, 5.74) is 2.51. The highest BCUT2D eigenvalue weighted by molar-refractivity contribution is 9.10. The van der Waals surface area contributed by atoms with E-state index in [1.807, 2.05) is 18.3 Å². The van der Waals surface area contributed by atoms with Crippen molar-refractivity contribution in [2.45, 2.75) is 37.9 Å². The smallest absolute Gasteiger partial charge is 0.338 e. The molecule has 5 heterocycles. The van der Waals surface area contributed by atoms with Crippen molar-refractivity contribution in [1.29, 1.82) is 0 Å². The van der Waals surface area contributed by atoms with Crippen molar-refractivity contribution in [2.75, 3.05) is 62.1 Å². The summed E-state index contributed by atoms with van der Waals surface area (Å²) >= 11 is 3.44. The van der Waals surface area contributed by atoms with Gasteiger partial charge in [-0.3, -0.25) is 9.69 Å². The first-order valence-electron chi connectivity index (χ1n) is 15.0. The average molecular weight is 682 g/mol. The first-order chi connectivity index (χ1) is 21.7. The number of carbonyl (C=O) groups excluding carboxylic acids is 2. The fourth-order valence-corrected chi connectivity index (χ4v) is 7.25. The molecule has 0 bridgehead atoms. The standard InChI is InChI=1S/C32H37BrN6O6/c1-19-16-37(9-10-38(19)22-5-6-29(34-15-22)35-26-11-20(33)17-36(2)30(26)40)21-7-8-39-23(12-21)18-45-28-14-25(32(42)44-4)24(13-27(28)39)31(41)43-3/h5-6,11,13-15,17,19,21,23H,7-10,12,16,18H2,1-4H3,(H,34,35)/t19-,21-,23-/m0/s1. The monoisotopic (exact) mass is 680 g/mol. The number of carbonyl (C=O) groups is 2. The SMILES string of the molecule is COC(=O)c1cc2c(cc1C(=O)OC)N1CC[C@H](N3CCN(c4ccc(Nc5cc(Br)cn(C)c5=O)nc4)[C@@H](C)C3)C[C@H]1CO2. The van der Waals surface area contributed by atoms with Crippen LogP contribution in [0.25, 0.3) is 0 Å². The summed E-state index contributed by atoms with van der Waals surface area (Å²) in [6.45, 7) is 6.31. The van der Waals surface area contributed by atoms with Crippen LogP contribution in [0.2, 0.25) is 0 Å². The van der Waals surface area contributed by atoms with E-state index in [1.54, 1.807) is 31.4 Å². The minimum atomic E-state index is -0.605. The zero-order chi connectivity index (χ0) is 31.8. The zero-order valence-electron chi connectivity index (χ0n) is 25.8. The Bertz CT molecular complexity index is 1660. The number of fused-ring (bicyclic) bond motifs is 3. The van der Waals surface area contributed by atoms with Gasteiger partial charge in [0.25, 0.3) is 5.56 Å². The lowest BCUT2D eigenvalue weighted by atomic mass is 9.92. The van der Waals surface area contributed by atoms with E-state index in [1.165, 1.54) is 18.8 Å². The molecule has 0 radical (unpaired) electrons. The quantitative estimate of drug-likeness (QED) is 0.383. The van der Waals surface area contributed by atoms with E-state index in [-0.39, 0.29) is 28.8 Å². The molecule has 3 aromatic rings. The predicted octanol–water partition coefficient (Wildman–Crippen LogP) is 3.80. The number of piperazine rings is 1. The Hall–Kier alpha value is -4.10. The molecule has 0 spiro atoms. The van der Waals surface area contributed by atoms with E-state index in [4.69, 9.17) is 14.2 Å². The molecular weight excluding hydrogens is 644 g/mol. The Morgan fingerprint density at radius 3 is 2.47 bits per heavy atom. The summed E-state index contributed by atoms with van der Waals surface area (Å²) in [5, 5.41) is 3.14. The molecule has 1 N–H and O–H groups in total. The van der Waals surface area contributed by atoms with Crippen LogP contribution in [0, 0.1) is 0 Å². The maximum absolute atomic E-state index is 12.5. The van der Waals surface area contributed by atoms with Gasteiger partial charge in [-0.2, -0.15) is 0 Å². The van der Waals surface area contributed by atoms with E-state index in [0.717, 1.165) is 54.9 Å². The van der Waals surface area contributed by atoms with Crippen molar-refractivity contribution in [3.63, 3.8) is 0 Å². The summed E-state index contributed by atoms with van der Waals surface area (Å²) < 4.78 is 18.3. The van der Waals surface area contributed by atoms with Crippen LogP contribution in [0.5, 0.6) is 5.75 Å². The molecule has 2 fully saturated rings. The molecule has 3 atom stereocenters. The minimum Gasteiger partial charge on any atom is -0.489 e. The van der Waals surface area contributed by atoms with Crippen molar-refractivity contribution < 1.29 is 23.8 Å². The van der Waals surface area contributed by atoms with Crippen LogP contribution >= 0.6 is 15.9 Å². The van der Waals surface area contributed by atoms with Crippen LogP contribution < -0.4 is 25.4 Å². The van der Waals surface area contributed by atoms with Gasteiger partial charge in [0.05, 0.1) is 49.0 Å². The second-order valence-electron chi connectivity index (χ2n) is 11.7. The zero-order valence-corrected chi connectivity index (χ0v) is 27.4. The number of nitrogens with zero attached hydrogens (tertiary/aromatic N) is 5. The predicted molar refractivity (Wildman–Crippen MR) is 174 cm³/mol. The Morgan fingerprint density at radius 1 is 1.02 bits per heavy atom. The summed E-state index contributed by atoms with van der Waals surface area (Å²) in [6.07, 6.45) is 5.50. The van der Waals surface area contributed by atoms with Crippen molar-refractivity contribution in [1.82, 2.24) is 14.5 Å². The third kappa shape index (κ3) is 6.10. The molecule has 1 aromatic carbocycles. The molecule has 6 rings (SSSR count). The normalized spacial score (nSPS) is 21.3. The lowest BCUT2D eigenvalue weighted by Crippen LogP contribution is -2.59. The number of ether oxygens (including phenoxy) is 3. The number of esters is 2. The summed E-state index contributed by atoms with van der Waals surface area (Å²) in [6, 6.07) is 9.86. The maximum atomic E-state index is 12.5. The molecule has 0 aliphatic carbocycles. The number of hydrogen-bond donors (Lipinski definition) is 1. The first kappa shape index (κ1) is 30.9. The molecule has 0 unspecified atom stereocenters. The minimum absolute atomic E-state index is 0.123. The van der Waals surface area contributed by atoms with Crippen molar-refractivity contribution in [3.8, 4) is 5.75 Å². The van der Waals surface area contributed by atoms with Gasteiger partial charge in [-0.05, 0) is 66.0 Å². The molecule has 0 saturated carbocycles. The lowest BCUT2D eigenvalue weighted by Gasteiger charge is -2.50. The molecule has 0 amide bonds. The number of benzene rings is 1. The molecular formula is C32H37BrN6O6. The molecule has 12 nitrogen and oxygen atoms in total. The Morgan fingerprint density at radius 2 is 1.78 bits per heavy atom. The highest BCUT2D eigenvalue weighted by Gasteiger charge is 2.39. The van der Waals surface area contributed by atoms with Gasteiger partial charge < -0.3 is 33.9 Å². The van der Waals surface area contributed by atoms with Gasteiger partial charge in [0, 0.05) is 56.0 Å². The van der Waals surface area contributed by atoms with Crippen LogP contribution in [-0.4, -0.2) is 91.5 Å². The topological polar surface area (TPSA) is 118 Å². The Balaban J connectivity index is 1.09. The maximum Gasteiger partial charge on any atom is 0.338 e. The van der Waals surface area contributed by atoms with Gasteiger partial charge in [-0.1, -0.05) is 0 Å². The summed E-state index contributed by atoms with van der Waals surface area (Å²) in [7, 11) is 4.30. The largest absolute Gasteiger partial charge is 0.489 e. The number of methoxy groups -OCH3 is 2. The Labute approximate surface area is 270 Å². The van der Waals surface area contributed by atoms with Gasteiger partial charge in [0.1, 0.15) is 23.9 Å². The van der Waals surface area contributed by atoms with E-state index >= 15 is 0 Å². The van der Waals surface area contributed by atoms with Crippen molar-refractivity contribution in [3.05, 3.63) is 68.7 Å². The van der Waals surface area contributed by atoms with Gasteiger partial charge in [-0.25, -0.2) is 14.6 Å². The molecule has 2 saturated heterocycles. The van der Waals surface area contributed by atoms with Gasteiger partial charge in [0.15, 0.2) is 0 Å². The molecule has 238 valence electrons. The van der Waals surface area contributed by atoms with Gasteiger partial charge in [0.2, 0.25) is 0 Å². The number of halogens is 1. The molecule has 3 aliphatic heterocycles. The van der Waals surface area contributed by atoms with E-state index in [2.05, 4.69) is 47.9 Å². The fraction of sp³-hybridized carbons (Fsp3) is 0.438. The Kier molecular flexibility index (Phi) is 8.74. The van der Waals surface area contributed by atoms with Gasteiger partial charge in [-0.15, -0.1) is 0 Å². The number of aromatic nitrogens is 2. The second kappa shape index (κ2) is 12.7. The van der Waals surface area contributed by atoms with Crippen LogP contribution in [0.1, 0.15) is 40.5 Å². The molecule has 2 aromatic heterocycles. The highest BCUT2D eigenvalue weighted by Crippen LogP contribution is 2.40. The first-order valence-corrected chi connectivity index (χ1v) is 15.8. The third-order valence-electron chi connectivity index (χ3n) is 9.01. The number of pyridine rings is 2. The summed E-state index contributed by atoms with van der Waals surface area (Å²) in [5.74, 6) is 0.00258. The number of aryl methyl sites for hydroxylation is 1. The van der Waals surface area contributed by atoms with E-state index < -0.39 is 11.9 Å². The average Bonchev–Trinajstić information content (AvgIpc) is 3.05.